The molecule has 4 nitrogen and oxygen atoms in total. The number of pyridine rings is 1. The second-order valence-corrected chi connectivity index (χ2v) is 5.17. The summed E-state index contributed by atoms with van der Waals surface area (Å²) in [4.78, 5) is 20.0. The molecule has 0 saturated carbocycles. The van der Waals surface area contributed by atoms with Crippen molar-refractivity contribution in [2.75, 3.05) is 0 Å². The fourth-order valence-corrected chi connectivity index (χ4v) is 2.18. The van der Waals surface area contributed by atoms with Crippen molar-refractivity contribution in [3.8, 4) is 0 Å². The van der Waals surface area contributed by atoms with E-state index in [1.807, 2.05) is 12.3 Å². The van der Waals surface area contributed by atoms with E-state index < -0.39 is 0 Å². The lowest BCUT2D eigenvalue weighted by Gasteiger charge is -2.10. The molecule has 1 amide bonds. The van der Waals surface area contributed by atoms with Crippen LogP contribution in [0.4, 0.5) is 0 Å². The third kappa shape index (κ3) is 3.10. The first-order valence-electron chi connectivity index (χ1n) is 4.98. The molecule has 0 fully saturated rings. The average Bonchev–Trinajstić information content (AvgIpc) is 2.83. The average molecular weight is 312 g/mol. The van der Waals surface area contributed by atoms with E-state index in [2.05, 4.69) is 31.2 Å². The molecule has 0 bridgehead atoms. The van der Waals surface area contributed by atoms with E-state index in [0.29, 0.717) is 10.2 Å². The molecule has 0 aliphatic rings. The van der Waals surface area contributed by atoms with Crippen LogP contribution in [0.15, 0.2) is 34.5 Å². The van der Waals surface area contributed by atoms with E-state index in [1.165, 1.54) is 17.5 Å². The van der Waals surface area contributed by atoms with Gasteiger partial charge in [-0.1, -0.05) is 0 Å². The zero-order valence-electron chi connectivity index (χ0n) is 9.05. The van der Waals surface area contributed by atoms with E-state index in [1.54, 1.807) is 18.3 Å². The van der Waals surface area contributed by atoms with Crippen LogP contribution in [0.5, 0.6) is 0 Å². The van der Waals surface area contributed by atoms with Crippen molar-refractivity contribution in [3.63, 3.8) is 0 Å². The Labute approximate surface area is 111 Å². The molecule has 2 heterocycles. The summed E-state index contributed by atoms with van der Waals surface area (Å²) in [7, 11) is 0. The molecule has 0 spiro atoms. The number of aromatic nitrogens is 2. The van der Waals surface area contributed by atoms with Crippen LogP contribution < -0.4 is 5.32 Å². The normalized spacial score (nSPS) is 12.1. The first-order chi connectivity index (χ1) is 8.16. The fraction of sp³-hybridized carbons (Fsp3) is 0.182. The van der Waals surface area contributed by atoms with Crippen LogP contribution >= 0.6 is 27.3 Å². The second kappa shape index (κ2) is 5.37. The SMILES string of the molecule is CC(NC(=O)c1ccc(Br)nc1)c1nccs1. The number of hydrogen-bond acceptors (Lipinski definition) is 4. The van der Waals surface area contributed by atoms with Crippen molar-refractivity contribution in [2.24, 2.45) is 0 Å². The van der Waals surface area contributed by atoms with Gasteiger partial charge < -0.3 is 5.32 Å². The van der Waals surface area contributed by atoms with Crippen molar-refractivity contribution in [2.45, 2.75) is 13.0 Å². The molecule has 2 aromatic heterocycles. The van der Waals surface area contributed by atoms with Crippen LogP contribution in [0.25, 0.3) is 0 Å². The minimum absolute atomic E-state index is 0.0915. The Balaban J connectivity index is 2.04. The number of nitrogens with one attached hydrogen (secondary N) is 1. The number of hydrogen-bond donors (Lipinski definition) is 1. The summed E-state index contributed by atoms with van der Waals surface area (Å²) in [6.07, 6.45) is 3.26. The Hall–Kier alpha value is -1.27. The van der Waals surface area contributed by atoms with Gasteiger partial charge in [0, 0.05) is 17.8 Å². The van der Waals surface area contributed by atoms with Gasteiger partial charge in [-0.3, -0.25) is 4.79 Å². The Morgan fingerprint density at radius 3 is 2.88 bits per heavy atom. The predicted octanol–water partition coefficient (Wildman–Crippen LogP) is 2.79. The maximum Gasteiger partial charge on any atom is 0.253 e. The van der Waals surface area contributed by atoms with Crippen LogP contribution in [0, 0.1) is 0 Å². The molecule has 88 valence electrons. The van der Waals surface area contributed by atoms with E-state index in [-0.39, 0.29) is 11.9 Å². The van der Waals surface area contributed by atoms with Crippen molar-refractivity contribution >= 4 is 33.2 Å². The number of carbonyl (C=O) groups excluding carboxylic acids is 1. The quantitative estimate of drug-likeness (QED) is 0.887. The highest BCUT2D eigenvalue weighted by Crippen LogP contribution is 2.15. The smallest absolute Gasteiger partial charge is 0.253 e. The summed E-state index contributed by atoms with van der Waals surface area (Å²) < 4.78 is 0.710. The van der Waals surface area contributed by atoms with E-state index in [9.17, 15) is 4.79 Å². The highest BCUT2D eigenvalue weighted by molar-refractivity contribution is 9.10. The van der Waals surface area contributed by atoms with Crippen molar-refractivity contribution < 1.29 is 4.79 Å². The molecule has 2 aromatic rings. The molecular weight excluding hydrogens is 302 g/mol. The van der Waals surface area contributed by atoms with Crippen LogP contribution in [0.2, 0.25) is 0 Å². The van der Waals surface area contributed by atoms with Gasteiger partial charge in [-0.2, -0.15) is 0 Å². The first kappa shape index (κ1) is 12.2. The topological polar surface area (TPSA) is 54.9 Å². The molecule has 1 unspecified atom stereocenters. The number of rotatable bonds is 3. The maximum absolute atomic E-state index is 11.9. The maximum atomic E-state index is 11.9. The summed E-state index contributed by atoms with van der Waals surface area (Å²) in [6, 6.07) is 3.37. The van der Waals surface area contributed by atoms with Crippen LogP contribution in [0.1, 0.15) is 28.3 Å². The van der Waals surface area contributed by atoms with Gasteiger partial charge in [-0.05, 0) is 35.0 Å². The third-order valence-corrected chi connectivity index (χ3v) is 3.59. The zero-order chi connectivity index (χ0) is 12.3. The largest absolute Gasteiger partial charge is 0.343 e. The van der Waals surface area contributed by atoms with E-state index in [4.69, 9.17) is 0 Å². The van der Waals surface area contributed by atoms with Gasteiger partial charge in [-0.25, -0.2) is 9.97 Å². The Morgan fingerprint density at radius 2 is 2.29 bits per heavy atom. The molecule has 0 radical (unpaired) electrons. The molecule has 1 atom stereocenters. The number of carbonyl (C=O) groups is 1. The van der Waals surface area contributed by atoms with Crippen LogP contribution in [0.3, 0.4) is 0 Å². The molecule has 0 saturated heterocycles. The Morgan fingerprint density at radius 1 is 1.47 bits per heavy atom. The molecule has 6 heteroatoms. The van der Waals surface area contributed by atoms with E-state index in [0.717, 1.165) is 5.01 Å². The standard InChI is InChI=1S/C11H10BrN3OS/c1-7(11-13-4-5-17-11)15-10(16)8-2-3-9(12)14-6-8/h2-7H,1H3,(H,15,16). The molecule has 2 rings (SSSR count). The minimum atomic E-state index is -0.146. The molecule has 0 aliphatic carbocycles. The summed E-state index contributed by atoms with van der Waals surface area (Å²) in [5, 5.41) is 5.65. The lowest BCUT2D eigenvalue weighted by atomic mass is 10.2. The summed E-state index contributed by atoms with van der Waals surface area (Å²) in [5.41, 5.74) is 0.539. The van der Waals surface area contributed by atoms with Gasteiger partial charge in [0.25, 0.3) is 5.91 Å². The highest BCUT2D eigenvalue weighted by Gasteiger charge is 2.13. The van der Waals surface area contributed by atoms with Crippen LogP contribution in [-0.4, -0.2) is 15.9 Å². The van der Waals surface area contributed by atoms with Crippen LogP contribution in [-0.2, 0) is 0 Å². The van der Waals surface area contributed by atoms with Crippen molar-refractivity contribution in [3.05, 3.63) is 45.1 Å². The molecule has 1 N–H and O–H groups in total. The summed E-state index contributed by atoms with van der Waals surface area (Å²) in [5.74, 6) is -0.146. The predicted molar refractivity (Wildman–Crippen MR) is 69.9 cm³/mol. The molecule has 0 aromatic carbocycles. The Kier molecular flexibility index (Phi) is 3.86. The van der Waals surface area contributed by atoms with Gasteiger partial charge in [-0.15, -0.1) is 11.3 Å². The van der Waals surface area contributed by atoms with Crippen molar-refractivity contribution in [1.29, 1.82) is 0 Å². The second-order valence-electron chi connectivity index (χ2n) is 3.44. The van der Waals surface area contributed by atoms with Gasteiger partial charge in [0.15, 0.2) is 0 Å². The summed E-state index contributed by atoms with van der Waals surface area (Å²) in [6.45, 7) is 1.91. The Bertz CT molecular complexity index is 498. The molecule has 17 heavy (non-hydrogen) atoms. The monoisotopic (exact) mass is 311 g/mol. The third-order valence-electron chi connectivity index (χ3n) is 2.16. The molecular formula is C11H10BrN3OS. The minimum Gasteiger partial charge on any atom is -0.343 e. The first-order valence-corrected chi connectivity index (χ1v) is 6.66. The molecule has 0 aliphatic heterocycles. The lowest BCUT2D eigenvalue weighted by Crippen LogP contribution is -2.26. The number of halogens is 1. The lowest BCUT2D eigenvalue weighted by molar-refractivity contribution is 0.0939. The van der Waals surface area contributed by atoms with Gasteiger partial charge in [0.05, 0.1) is 11.6 Å². The number of nitrogens with zero attached hydrogens (tertiary/aromatic N) is 2. The van der Waals surface area contributed by atoms with Crippen molar-refractivity contribution in [1.82, 2.24) is 15.3 Å². The highest BCUT2D eigenvalue weighted by atomic mass is 79.9. The van der Waals surface area contributed by atoms with Gasteiger partial charge in [0.2, 0.25) is 0 Å². The van der Waals surface area contributed by atoms with Gasteiger partial charge >= 0.3 is 0 Å². The number of amides is 1. The van der Waals surface area contributed by atoms with Gasteiger partial charge in [0.1, 0.15) is 9.61 Å². The fourth-order valence-electron chi connectivity index (χ4n) is 1.30. The van der Waals surface area contributed by atoms with E-state index >= 15 is 0 Å². The number of thiazole rings is 1. The zero-order valence-corrected chi connectivity index (χ0v) is 11.5. The summed E-state index contributed by atoms with van der Waals surface area (Å²) >= 11 is 4.75.